The zero-order valence-electron chi connectivity index (χ0n) is 14.4. The molecule has 0 aliphatic heterocycles. The molecule has 4 N–H and O–H groups in total. The summed E-state index contributed by atoms with van der Waals surface area (Å²) in [6.07, 6.45) is 6.65. The minimum atomic E-state index is 0.381. The molecule has 3 heteroatoms. The molecule has 3 nitrogen and oxygen atoms in total. The van der Waals surface area contributed by atoms with Crippen molar-refractivity contribution in [3.8, 4) is 0 Å². The molecule has 0 saturated carbocycles. The van der Waals surface area contributed by atoms with E-state index in [2.05, 4.69) is 72.7 Å². The molecule has 0 saturated heterocycles. The zero-order chi connectivity index (χ0) is 17.6. The van der Waals surface area contributed by atoms with Crippen LogP contribution in [0.3, 0.4) is 0 Å². The van der Waals surface area contributed by atoms with Crippen molar-refractivity contribution in [1.29, 1.82) is 0 Å². The van der Waals surface area contributed by atoms with Gasteiger partial charge < -0.3 is 11.6 Å². The number of amidine groups is 1. The first-order valence-corrected chi connectivity index (χ1v) is 8.47. The van der Waals surface area contributed by atoms with Crippen LogP contribution in [-0.2, 0) is 0 Å². The lowest BCUT2D eigenvalue weighted by Crippen LogP contribution is -2.29. The van der Waals surface area contributed by atoms with Gasteiger partial charge >= 0.3 is 0 Å². The van der Waals surface area contributed by atoms with E-state index in [-0.39, 0.29) is 0 Å². The summed E-state index contributed by atoms with van der Waals surface area (Å²) < 4.78 is 0. The summed E-state index contributed by atoms with van der Waals surface area (Å²) >= 11 is 0. The van der Waals surface area contributed by atoms with Gasteiger partial charge in [-0.3, -0.25) is 0 Å². The maximum absolute atomic E-state index is 5.63. The van der Waals surface area contributed by atoms with Crippen LogP contribution in [0.25, 0.3) is 22.9 Å². The van der Waals surface area contributed by atoms with Crippen LogP contribution < -0.4 is 22.0 Å². The Balaban J connectivity index is 0.000000150. The molecule has 0 atom stereocenters. The Bertz CT molecular complexity index is 1030. The summed E-state index contributed by atoms with van der Waals surface area (Å²) in [6.45, 7) is 2.12. The van der Waals surface area contributed by atoms with E-state index in [0.717, 1.165) is 18.4 Å². The topological polar surface area (TPSA) is 64.4 Å². The average Bonchev–Trinajstić information content (AvgIpc) is 2.67. The normalized spacial score (nSPS) is 13.1. The first-order valence-electron chi connectivity index (χ1n) is 8.47. The van der Waals surface area contributed by atoms with Gasteiger partial charge in [0.25, 0.3) is 0 Å². The monoisotopic (exact) mass is 329 g/mol. The van der Waals surface area contributed by atoms with Crippen LogP contribution in [-0.4, -0.2) is 5.84 Å². The number of rotatable bonds is 1. The molecule has 0 heterocycles. The number of benzene rings is 3. The van der Waals surface area contributed by atoms with Gasteiger partial charge in [0.05, 0.1) is 0 Å². The Kier molecular flexibility index (Phi) is 5.14. The first kappa shape index (κ1) is 16.8. The van der Waals surface area contributed by atoms with Gasteiger partial charge in [0.15, 0.2) is 0 Å². The van der Waals surface area contributed by atoms with E-state index in [1.54, 1.807) is 0 Å². The predicted molar refractivity (Wildman–Crippen MR) is 107 cm³/mol. The van der Waals surface area contributed by atoms with Crippen LogP contribution in [0, 0.1) is 6.92 Å². The predicted octanol–water partition coefficient (Wildman–Crippen LogP) is 2.77. The maximum atomic E-state index is 5.63. The second-order valence-corrected chi connectivity index (χ2v) is 6.19. The number of nitrogens with zero attached hydrogens (tertiary/aromatic N) is 1. The molecule has 0 fully saturated rings. The average molecular weight is 329 g/mol. The van der Waals surface area contributed by atoms with E-state index >= 15 is 0 Å². The van der Waals surface area contributed by atoms with Crippen LogP contribution >= 0.6 is 0 Å². The van der Waals surface area contributed by atoms with E-state index < -0.39 is 0 Å². The quantitative estimate of drug-likeness (QED) is 0.312. The minimum Gasteiger partial charge on any atom is -0.382 e. The smallest absolute Gasteiger partial charge is 0.150 e. The summed E-state index contributed by atoms with van der Waals surface area (Å²) in [4.78, 5) is 0. The van der Waals surface area contributed by atoms with Crippen molar-refractivity contribution in [2.75, 3.05) is 0 Å². The van der Waals surface area contributed by atoms with E-state index in [1.807, 2.05) is 12.1 Å². The van der Waals surface area contributed by atoms with Crippen LogP contribution in [0.1, 0.15) is 24.0 Å². The van der Waals surface area contributed by atoms with Crippen molar-refractivity contribution in [3.05, 3.63) is 82.2 Å². The second kappa shape index (κ2) is 7.67. The Hall–Kier alpha value is -3.07. The highest BCUT2D eigenvalue weighted by Gasteiger charge is 1.99. The molecule has 1 aliphatic rings. The summed E-state index contributed by atoms with van der Waals surface area (Å²) in [5.41, 5.74) is 7.84. The number of hydrazone groups is 1. The fourth-order valence-electron chi connectivity index (χ4n) is 2.96. The Morgan fingerprint density at radius 2 is 1.56 bits per heavy atom. The van der Waals surface area contributed by atoms with Crippen molar-refractivity contribution in [3.63, 3.8) is 0 Å². The third-order valence-electron chi connectivity index (χ3n) is 4.32. The molecule has 0 bridgehead atoms. The second-order valence-electron chi connectivity index (χ2n) is 6.19. The number of hydrogen-bond acceptors (Lipinski definition) is 2. The third-order valence-corrected chi connectivity index (χ3v) is 4.32. The Morgan fingerprint density at radius 1 is 0.840 bits per heavy atom. The molecule has 0 aromatic heterocycles. The van der Waals surface area contributed by atoms with Gasteiger partial charge in [-0.05, 0) is 47.0 Å². The molecule has 0 unspecified atom stereocenters. The van der Waals surface area contributed by atoms with Gasteiger partial charge in [0.2, 0.25) is 0 Å². The van der Waals surface area contributed by atoms with E-state index in [4.69, 9.17) is 11.6 Å². The van der Waals surface area contributed by atoms with Crippen LogP contribution in [0.15, 0.2) is 65.8 Å². The van der Waals surface area contributed by atoms with Gasteiger partial charge in [-0.2, -0.15) is 5.10 Å². The number of nitrogens with two attached hydrogens (primary N) is 2. The van der Waals surface area contributed by atoms with Crippen molar-refractivity contribution in [2.24, 2.45) is 16.7 Å². The summed E-state index contributed by atoms with van der Waals surface area (Å²) in [7, 11) is 0. The minimum absolute atomic E-state index is 0.381. The number of aryl methyl sites for hydroxylation is 1. The molecule has 0 radical (unpaired) electrons. The van der Waals surface area contributed by atoms with E-state index in [9.17, 15) is 0 Å². The summed E-state index contributed by atoms with van der Waals surface area (Å²) in [5.74, 6) is 5.51. The maximum Gasteiger partial charge on any atom is 0.150 e. The van der Waals surface area contributed by atoms with Gasteiger partial charge in [-0.15, -0.1) is 0 Å². The van der Waals surface area contributed by atoms with Crippen molar-refractivity contribution < 1.29 is 0 Å². The molecule has 0 amide bonds. The lowest BCUT2D eigenvalue weighted by molar-refractivity contribution is 1.12. The van der Waals surface area contributed by atoms with Crippen LogP contribution in [0.5, 0.6) is 0 Å². The molecule has 25 heavy (non-hydrogen) atoms. The molecular formula is C22H23N3. The largest absolute Gasteiger partial charge is 0.382 e. The highest BCUT2D eigenvalue weighted by Crippen LogP contribution is 2.14. The van der Waals surface area contributed by atoms with E-state index in [0.29, 0.717) is 5.84 Å². The standard InChI is InChI=1S/C11H13N3.C11H10/c12-11(14-13)10-6-5-8-3-1-2-4-9(8)7-10;1-9-6-7-10-4-2-3-5-11(10)8-9/h3-7H,1-2,13H2,(H2,12,14);2-8H,1H3. The Morgan fingerprint density at radius 3 is 2.32 bits per heavy atom. The van der Waals surface area contributed by atoms with Gasteiger partial charge in [0, 0.05) is 5.56 Å². The fourth-order valence-corrected chi connectivity index (χ4v) is 2.96. The number of fused-ring (bicyclic) bond motifs is 2. The molecule has 4 rings (SSSR count). The van der Waals surface area contributed by atoms with E-state index in [1.165, 1.54) is 26.8 Å². The van der Waals surface area contributed by atoms with Crippen LogP contribution in [0.4, 0.5) is 0 Å². The van der Waals surface area contributed by atoms with Crippen molar-refractivity contribution in [2.45, 2.75) is 19.8 Å². The SMILES string of the molecule is Cc1ccc2ccccc2c1.N/N=C(\N)c1ccc2c(c1)=CCCC=2. The third kappa shape index (κ3) is 4.07. The molecule has 126 valence electrons. The molecule has 3 aromatic rings. The number of hydrogen-bond donors (Lipinski definition) is 2. The molecular weight excluding hydrogens is 306 g/mol. The highest BCUT2D eigenvalue weighted by molar-refractivity contribution is 5.97. The summed E-state index contributed by atoms with van der Waals surface area (Å²) in [5, 5.41) is 8.61. The van der Waals surface area contributed by atoms with Crippen LogP contribution in [0.2, 0.25) is 0 Å². The molecule has 1 aliphatic carbocycles. The fraction of sp³-hybridized carbons (Fsp3) is 0.136. The Labute approximate surface area is 148 Å². The molecule has 0 spiro atoms. The lowest BCUT2D eigenvalue weighted by Gasteiger charge is -2.02. The highest BCUT2D eigenvalue weighted by atomic mass is 15.1. The molecule has 3 aromatic carbocycles. The van der Waals surface area contributed by atoms with Gasteiger partial charge in [-0.25, -0.2) is 0 Å². The summed E-state index contributed by atoms with van der Waals surface area (Å²) in [6, 6.07) is 20.9. The van der Waals surface area contributed by atoms with Gasteiger partial charge in [-0.1, -0.05) is 72.3 Å². The van der Waals surface area contributed by atoms with Crippen molar-refractivity contribution in [1.82, 2.24) is 0 Å². The lowest BCUT2D eigenvalue weighted by atomic mass is 10.1. The zero-order valence-corrected chi connectivity index (χ0v) is 14.4. The van der Waals surface area contributed by atoms with Gasteiger partial charge in [0.1, 0.15) is 5.84 Å². The first-order chi connectivity index (χ1) is 12.2. The van der Waals surface area contributed by atoms with Crippen molar-refractivity contribution >= 4 is 28.8 Å².